The van der Waals surface area contributed by atoms with E-state index >= 15 is 0 Å². The molecule has 2 aromatic carbocycles. The number of rotatable bonds is 1. The third-order valence-electron chi connectivity index (χ3n) is 5.76. The van der Waals surface area contributed by atoms with Crippen LogP contribution in [-0.4, -0.2) is 47.8 Å². The van der Waals surface area contributed by atoms with E-state index in [9.17, 15) is 40.2 Å². The molecule has 0 saturated heterocycles. The molecule has 8 heteroatoms. The lowest BCUT2D eigenvalue weighted by atomic mass is 9.71. The SMILES string of the molecule is CCC1(O)CC(O)c2cc3c(c(O)c2C1O)C(=O)c1c(O)ccc(O)c1C3=O. The zero-order valence-corrected chi connectivity index (χ0v) is 14.8. The molecule has 0 radical (unpaired) electrons. The first kappa shape index (κ1) is 18.4. The van der Waals surface area contributed by atoms with Crippen molar-refractivity contribution in [3.63, 3.8) is 0 Å². The fourth-order valence-corrected chi connectivity index (χ4v) is 4.14. The Hall–Kier alpha value is -2.94. The minimum atomic E-state index is -1.72. The van der Waals surface area contributed by atoms with E-state index in [1.807, 2.05) is 0 Å². The normalized spacial score (nSPS) is 25.9. The van der Waals surface area contributed by atoms with Gasteiger partial charge in [-0.05, 0) is 30.2 Å². The summed E-state index contributed by atoms with van der Waals surface area (Å²) in [5, 5.41) is 62.5. The summed E-state index contributed by atoms with van der Waals surface area (Å²) in [4.78, 5) is 25.9. The Kier molecular flexibility index (Phi) is 3.80. The molecule has 2 aromatic rings. The van der Waals surface area contributed by atoms with Gasteiger partial charge in [0.05, 0.1) is 28.4 Å². The molecule has 6 N–H and O–H groups in total. The molecule has 3 unspecified atom stereocenters. The highest BCUT2D eigenvalue weighted by atomic mass is 16.3. The number of carbonyl (C=O) groups is 2. The number of fused-ring (bicyclic) bond motifs is 3. The predicted molar refractivity (Wildman–Crippen MR) is 94.5 cm³/mol. The van der Waals surface area contributed by atoms with Crippen LogP contribution in [0.1, 0.15) is 74.9 Å². The Morgan fingerprint density at radius 3 is 2.14 bits per heavy atom. The van der Waals surface area contributed by atoms with Gasteiger partial charge in [0.15, 0.2) is 5.78 Å². The summed E-state index contributed by atoms with van der Waals surface area (Å²) >= 11 is 0. The molecule has 0 spiro atoms. The van der Waals surface area contributed by atoms with E-state index in [4.69, 9.17) is 0 Å². The van der Waals surface area contributed by atoms with Gasteiger partial charge in [0.1, 0.15) is 23.4 Å². The summed E-state index contributed by atoms with van der Waals surface area (Å²) in [6, 6.07) is 3.30. The van der Waals surface area contributed by atoms with Crippen molar-refractivity contribution in [1.82, 2.24) is 0 Å². The first-order chi connectivity index (χ1) is 13.1. The number of aromatic hydroxyl groups is 3. The van der Waals surface area contributed by atoms with E-state index in [0.717, 1.165) is 12.1 Å². The Bertz CT molecular complexity index is 1060. The lowest BCUT2D eigenvalue weighted by Crippen LogP contribution is -2.42. The second-order valence-electron chi connectivity index (χ2n) is 7.24. The lowest BCUT2D eigenvalue weighted by Gasteiger charge is -2.41. The van der Waals surface area contributed by atoms with Crippen LogP contribution in [0.4, 0.5) is 0 Å². The van der Waals surface area contributed by atoms with Crippen molar-refractivity contribution < 1.29 is 40.2 Å². The van der Waals surface area contributed by atoms with Crippen molar-refractivity contribution in [1.29, 1.82) is 0 Å². The second-order valence-corrected chi connectivity index (χ2v) is 7.24. The summed E-state index contributed by atoms with van der Waals surface area (Å²) in [6.07, 6.45) is -3.03. The summed E-state index contributed by atoms with van der Waals surface area (Å²) in [7, 11) is 0. The van der Waals surface area contributed by atoms with Crippen LogP contribution in [0.5, 0.6) is 17.2 Å². The second kappa shape index (κ2) is 5.78. The van der Waals surface area contributed by atoms with Gasteiger partial charge in [0, 0.05) is 17.5 Å². The van der Waals surface area contributed by atoms with Gasteiger partial charge < -0.3 is 30.6 Å². The number of phenols is 3. The van der Waals surface area contributed by atoms with Crippen molar-refractivity contribution in [2.75, 3.05) is 0 Å². The third-order valence-corrected chi connectivity index (χ3v) is 5.76. The maximum Gasteiger partial charge on any atom is 0.202 e. The van der Waals surface area contributed by atoms with Crippen molar-refractivity contribution in [2.45, 2.75) is 37.6 Å². The molecule has 146 valence electrons. The molecule has 0 bridgehead atoms. The van der Waals surface area contributed by atoms with Crippen LogP contribution in [0, 0.1) is 0 Å². The molecular formula is C20H18O8. The van der Waals surface area contributed by atoms with Crippen LogP contribution in [0.25, 0.3) is 0 Å². The maximum atomic E-state index is 13.0. The monoisotopic (exact) mass is 386 g/mol. The molecule has 0 heterocycles. The van der Waals surface area contributed by atoms with Gasteiger partial charge in [-0.1, -0.05) is 6.92 Å². The zero-order valence-electron chi connectivity index (χ0n) is 14.8. The summed E-state index contributed by atoms with van der Waals surface area (Å²) in [5.41, 5.74) is -3.50. The Morgan fingerprint density at radius 2 is 1.57 bits per heavy atom. The number of hydrogen-bond donors (Lipinski definition) is 6. The predicted octanol–water partition coefficient (Wildman–Crippen LogP) is 1.19. The molecule has 0 fully saturated rings. The van der Waals surface area contributed by atoms with Gasteiger partial charge in [0.25, 0.3) is 0 Å². The highest BCUT2D eigenvalue weighted by Gasteiger charge is 2.47. The Labute approximate surface area is 158 Å². The molecule has 2 aliphatic rings. The lowest BCUT2D eigenvalue weighted by molar-refractivity contribution is -0.117. The number of benzene rings is 2. The molecule has 8 nitrogen and oxygen atoms in total. The molecule has 0 aromatic heterocycles. The highest BCUT2D eigenvalue weighted by molar-refractivity contribution is 6.31. The van der Waals surface area contributed by atoms with Gasteiger partial charge in [-0.25, -0.2) is 0 Å². The fraction of sp³-hybridized carbons (Fsp3) is 0.300. The van der Waals surface area contributed by atoms with Gasteiger partial charge >= 0.3 is 0 Å². The minimum absolute atomic E-state index is 0.0196. The maximum absolute atomic E-state index is 13.0. The third kappa shape index (κ3) is 2.16. The van der Waals surface area contributed by atoms with Crippen LogP contribution in [-0.2, 0) is 0 Å². The minimum Gasteiger partial charge on any atom is -0.507 e. The van der Waals surface area contributed by atoms with E-state index < -0.39 is 63.3 Å². The average Bonchev–Trinajstić information content (AvgIpc) is 2.65. The van der Waals surface area contributed by atoms with Crippen LogP contribution in [0.2, 0.25) is 0 Å². The van der Waals surface area contributed by atoms with Crippen LogP contribution in [0.15, 0.2) is 18.2 Å². The number of hydrogen-bond acceptors (Lipinski definition) is 8. The molecule has 4 rings (SSSR count). The average molecular weight is 386 g/mol. The first-order valence-corrected chi connectivity index (χ1v) is 8.75. The summed E-state index contributed by atoms with van der Waals surface area (Å²) < 4.78 is 0. The molecule has 3 atom stereocenters. The molecule has 2 aliphatic carbocycles. The van der Waals surface area contributed by atoms with Crippen molar-refractivity contribution in [2.24, 2.45) is 0 Å². The first-order valence-electron chi connectivity index (χ1n) is 8.75. The smallest absolute Gasteiger partial charge is 0.202 e. The van der Waals surface area contributed by atoms with Gasteiger partial charge in [-0.3, -0.25) is 9.59 Å². The standard InChI is InChI=1S/C20H18O8/c1-2-20(28)6-11(23)7-5-8-12(17(25)13(7)19(20)27)18(26)15-10(22)4-3-9(21)14(15)16(8)24/h3-5,11,19,21-23,25,27-28H,2,6H2,1H3. The van der Waals surface area contributed by atoms with E-state index in [0.29, 0.717) is 0 Å². The molecular weight excluding hydrogens is 368 g/mol. The van der Waals surface area contributed by atoms with Crippen molar-refractivity contribution >= 4 is 11.6 Å². The van der Waals surface area contributed by atoms with E-state index in [2.05, 4.69) is 0 Å². The highest BCUT2D eigenvalue weighted by Crippen LogP contribution is 2.51. The largest absolute Gasteiger partial charge is 0.507 e. The van der Waals surface area contributed by atoms with Crippen molar-refractivity contribution in [3.8, 4) is 17.2 Å². The number of phenolic OH excluding ortho intramolecular Hbond substituents is 3. The molecule has 0 amide bonds. The summed E-state index contributed by atoms with van der Waals surface area (Å²) in [5.74, 6) is -3.51. The number of aliphatic hydroxyl groups is 3. The Balaban J connectivity index is 2.04. The van der Waals surface area contributed by atoms with Gasteiger partial charge in [-0.15, -0.1) is 0 Å². The molecule has 0 saturated carbocycles. The van der Waals surface area contributed by atoms with Gasteiger partial charge in [0.2, 0.25) is 5.78 Å². The Morgan fingerprint density at radius 1 is 1.00 bits per heavy atom. The quantitative estimate of drug-likeness (QED) is 0.341. The number of ketones is 2. The van der Waals surface area contributed by atoms with Crippen molar-refractivity contribution in [3.05, 3.63) is 51.6 Å². The van der Waals surface area contributed by atoms with E-state index in [1.54, 1.807) is 6.92 Å². The van der Waals surface area contributed by atoms with Crippen LogP contribution < -0.4 is 0 Å². The number of aliphatic hydroxyl groups excluding tert-OH is 2. The van der Waals surface area contributed by atoms with Crippen LogP contribution >= 0.6 is 0 Å². The van der Waals surface area contributed by atoms with E-state index in [-0.39, 0.29) is 29.5 Å². The number of carbonyl (C=O) groups excluding carboxylic acids is 2. The zero-order chi connectivity index (χ0) is 20.5. The molecule has 0 aliphatic heterocycles. The molecule has 28 heavy (non-hydrogen) atoms. The van der Waals surface area contributed by atoms with Crippen LogP contribution in [0.3, 0.4) is 0 Å². The topological polar surface area (TPSA) is 156 Å². The van der Waals surface area contributed by atoms with Gasteiger partial charge in [-0.2, -0.15) is 0 Å². The van der Waals surface area contributed by atoms with E-state index in [1.165, 1.54) is 6.07 Å². The fourth-order valence-electron chi connectivity index (χ4n) is 4.14. The summed E-state index contributed by atoms with van der Waals surface area (Å²) in [6.45, 7) is 1.60.